The second-order valence-corrected chi connectivity index (χ2v) is 9.41. The topological polar surface area (TPSA) is 81.7 Å². The molecule has 1 N–H and O–H groups in total. The summed E-state index contributed by atoms with van der Waals surface area (Å²) in [6, 6.07) is 1.88. The average Bonchev–Trinajstić information content (AvgIpc) is 2.75. The van der Waals surface area contributed by atoms with Gasteiger partial charge in [0.2, 0.25) is 5.95 Å². The molecule has 0 radical (unpaired) electrons. The molecule has 3 fully saturated rings. The first-order chi connectivity index (χ1) is 12.0. The summed E-state index contributed by atoms with van der Waals surface area (Å²) < 4.78 is 24.1. The second kappa shape index (κ2) is 6.69. The van der Waals surface area contributed by atoms with Crippen LogP contribution in [0.3, 0.4) is 0 Å². The van der Waals surface area contributed by atoms with Gasteiger partial charge < -0.3 is 20.0 Å². The standard InChI is InChI=1S/C16H26N6O2S/c1-20-6-2-7-21(10-9-20)16-18-4-3-15(19-16)22-8-5-17-13-11-25(23,24)12-14(13)22/h3-4,13-14,17H,2,5-12H2,1H3/t13-,14+/m1/s1. The fourth-order valence-electron chi connectivity index (χ4n) is 4.05. The monoisotopic (exact) mass is 366 g/mol. The molecule has 0 bridgehead atoms. The third kappa shape index (κ3) is 3.58. The zero-order valence-electron chi connectivity index (χ0n) is 14.6. The van der Waals surface area contributed by atoms with Crippen molar-refractivity contribution >= 4 is 21.6 Å². The molecular weight excluding hydrogens is 340 g/mol. The van der Waals surface area contributed by atoms with Gasteiger partial charge in [0.05, 0.1) is 17.5 Å². The summed E-state index contributed by atoms with van der Waals surface area (Å²) in [6.07, 6.45) is 2.90. The lowest BCUT2D eigenvalue weighted by Gasteiger charge is -2.38. The normalized spacial score (nSPS) is 30.1. The first-order valence-electron chi connectivity index (χ1n) is 8.99. The summed E-state index contributed by atoms with van der Waals surface area (Å²) in [5, 5.41) is 3.35. The Morgan fingerprint density at radius 2 is 2.04 bits per heavy atom. The van der Waals surface area contributed by atoms with E-state index in [0.717, 1.165) is 57.5 Å². The summed E-state index contributed by atoms with van der Waals surface area (Å²) in [5.41, 5.74) is 0. The molecular formula is C16H26N6O2S. The highest BCUT2D eigenvalue weighted by atomic mass is 32.2. The summed E-state index contributed by atoms with van der Waals surface area (Å²) in [4.78, 5) is 16.0. The van der Waals surface area contributed by atoms with Crippen molar-refractivity contribution in [1.29, 1.82) is 0 Å². The molecule has 1 aromatic rings. The predicted octanol–water partition coefficient (Wildman–Crippen LogP) is -0.806. The summed E-state index contributed by atoms with van der Waals surface area (Å²) in [7, 11) is -0.834. The molecule has 0 unspecified atom stereocenters. The van der Waals surface area contributed by atoms with E-state index < -0.39 is 9.84 Å². The molecule has 0 saturated carbocycles. The van der Waals surface area contributed by atoms with E-state index in [0.29, 0.717) is 0 Å². The SMILES string of the molecule is CN1CCCN(c2nccc(N3CCN[C@@H]4CS(=O)(=O)C[C@@H]43)n2)CC1. The second-order valence-electron chi connectivity index (χ2n) is 7.26. The number of anilines is 2. The van der Waals surface area contributed by atoms with Crippen LogP contribution < -0.4 is 15.1 Å². The van der Waals surface area contributed by atoms with Gasteiger partial charge in [0.1, 0.15) is 5.82 Å². The van der Waals surface area contributed by atoms with Gasteiger partial charge in [-0.05, 0) is 26.1 Å². The van der Waals surface area contributed by atoms with E-state index in [1.165, 1.54) is 0 Å². The largest absolute Gasteiger partial charge is 0.350 e. The number of hydrogen-bond acceptors (Lipinski definition) is 8. The Bertz CT molecular complexity index is 727. The fraction of sp³-hybridized carbons (Fsp3) is 0.750. The first kappa shape index (κ1) is 17.0. The fourth-order valence-corrected chi connectivity index (χ4v) is 6.01. The molecule has 138 valence electrons. The molecule has 4 heterocycles. The van der Waals surface area contributed by atoms with Gasteiger partial charge in [-0.2, -0.15) is 4.98 Å². The van der Waals surface area contributed by atoms with Gasteiger partial charge in [-0.15, -0.1) is 0 Å². The van der Waals surface area contributed by atoms with Crippen LogP contribution in [0.4, 0.5) is 11.8 Å². The van der Waals surface area contributed by atoms with Crippen molar-refractivity contribution in [2.45, 2.75) is 18.5 Å². The minimum atomic E-state index is -2.97. The molecule has 0 amide bonds. The number of nitrogens with zero attached hydrogens (tertiary/aromatic N) is 5. The van der Waals surface area contributed by atoms with Crippen molar-refractivity contribution in [3.05, 3.63) is 12.3 Å². The van der Waals surface area contributed by atoms with E-state index in [1.54, 1.807) is 6.20 Å². The van der Waals surface area contributed by atoms with E-state index in [9.17, 15) is 8.42 Å². The minimum Gasteiger partial charge on any atom is -0.350 e. The molecule has 3 aliphatic heterocycles. The maximum absolute atomic E-state index is 12.0. The Labute approximate surface area is 149 Å². The summed E-state index contributed by atoms with van der Waals surface area (Å²) >= 11 is 0. The minimum absolute atomic E-state index is 0.00371. The van der Waals surface area contributed by atoms with Gasteiger partial charge in [-0.3, -0.25) is 0 Å². The van der Waals surface area contributed by atoms with Crippen molar-refractivity contribution in [2.75, 3.05) is 67.6 Å². The molecule has 3 aliphatic rings. The zero-order valence-corrected chi connectivity index (χ0v) is 15.5. The van der Waals surface area contributed by atoms with Crippen molar-refractivity contribution < 1.29 is 8.42 Å². The van der Waals surface area contributed by atoms with Crippen molar-refractivity contribution in [3.63, 3.8) is 0 Å². The molecule has 25 heavy (non-hydrogen) atoms. The van der Waals surface area contributed by atoms with E-state index in [4.69, 9.17) is 4.98 Å². The maximum Gasteiger partial charge on any atom is 0.227 e. The van der Waals surface area contributed by atoms with Crippen LogP contribution in [0.25, 0.3) is 0 Å². The highest BCUT2D eigenvalue weighted by Gasteiger charge is 2.43. The van der Waals surface area contributed by atoms with E-state index in [2.05, 4.69) is 32.0 Å². The molecule has 1 aromatic heterocycles. The Balaban J connectivity index is 1.56. The lowest BCUT2D eigenvalue weighted by Crippen LogP contribution is -2.57. The Morgan fingerprint density at radius 3 is 2.92 bits per heavy atom. The van der Waals surface area contributed by atoms with Gasteiger partial charge in [0.15, 0.2) is 9.84 Å². The molecule has 0 aliphatic carbocycles. The van der Waals surface area contributed by atoms with Gasteiger partial charge in [-0.25, -0.2) is 13.4 Å². The van der Waals surface area contributed by atoms with Crippen molar-refractivity contribution in [3.8, 4) is 0 Å². The number of piperazine rings is 1. The highest BCUT2D eigenvalue weighted by Crippen LogP contribution is 2.26. The number of hydrogen-bond donors (Lipinski definition) is 1. The predicted molar refractivity (Wildman–Crippen MR) is 97.9 cm³/mol. The Morgan fingerprint density at radius 1 is 1.16 bits per heavy atom. The number of sulfone groups is 1. The molecule has 0 spiro atoms. The molecule has 4 rings (SSSR count). The van der Waals surface area contributed by atoms with Crippen LogP contribution in [0.1, 0.15) is 6.42 Å². The van der Waals surface area contributed by atoms with Crippen LogP contribution in [0.5, 0.6) is 0 Å². The van der Waals surface area contributed by atoms with Crippen LogP contribution >= 0.6 is 0 Å². The number of fused-ring (bicyclic) bond motifs is 1. The third-order valence-corrected chi connectivity index (χ3v) is 7.12. The number of rotatable bonds is 2. The van der Waals surface area contributed by atoms with Gasteiger partial charge in [0.25, 0.3) is 0 Å². The molecule has 3 saturated heterocycles. The van der Waals surface area contributed by atoms with Crippen LogP contribution in [0, 0.1) is 0 Å². The lowest BCUT2D eigenvalue weighted by molar-refractivity contribution is 0.360. The van der Waals surface area contributed by atoms with E-state index >= 15 is 0 Å². The Hall–Kier alpha value is -1.45. The molecule has 2 atom stereocenters. The molecule has 8 nitrogen and oxygen atoms in total. The van der Waals surface area contributed by atoms with Crippen molar-refractivity contribution in [2.24, 2.45) is 0 Å². The molecule has 0 aromatic carbocycles. The molecule has 9 heteroatoms. The number of aromatic nitrogens is 2. The lowest BCUT2D eigenvalue weighted by atomic mass is 10.1. The number of nitrogens with one attached hydrogen (secondary N) is 1. The van der Waals surface area contributed by atoms with Crippen LogP contribution in [0.15, 0.2) is 12.3 Å². The van der Waals surface area contributed by atoms with Gasteiger partial charge in [-0.1, -0.05) is 0 Å². The van der Waals surface area contributed by atoms with Crippen LogP contribution in [-0.4, -0.2) is 93.2 Å². The van der Waals surface area contributed by atoms with E-state index in [1.807, 2.05) is 6.07 Å². The quantitative estimate of drug-likeness (QED) is 0.728. The third-order valence-electron chi connectivity index (χ3n) is 5.41. The summed E-state index contributed by atoms with van der Waals surface area (Å²) in [6.45, 7) is 5.53. The first-order valence-corrected chi connectivity index (χ1v) is 10.8. The summed E-state index contributed by atoms with van der Waals surface area (Å²) in [5.74, 6) is 2.03. The van der Waals surface area contributed by atoms with Crippen molar-refractivity contribution in [1.82, 2.24) is 20.2 Å². The van der Waals surface area contributed by atoms with Gasteiger partial charge in [0, 0.05) is 45.0 Å². The average molecular weight is 366 g/mol. The maximum atomic E-state index is 12.0. The zero-order chi connectivity index (χ0) is 17.4. The Kier molecular flexibility index (Phi) is 4.55. The van der Waals surface area contributed by atoms with Crippen LogP contribution in [0.2, 0.25) is 0 Å². The highest BCUT2D eigenvalue weighted by molar-refractivity contribution is 7.91. The van der Waals surface area contributed by atoms with E-state index in [-0.39, 0.29) is 23.6 Å². The van der Waals surface area contributed by atoms with Crippen LogP contribution in [-0.2, 0) is 9.84 Å². The smallest absolute Gasteiger partial charge is 0.227 e. The number of likely N-dealkylation sites (N-methyl/N-ethyl adjacent to an activating group) is 1. The van der Waals surface area contributed by atoms with Gasteiger partial charge >= 0.3 is 0 Å².